The summed E-state index contributed by atoms with van der Waals surface area (Å²) >= 11 is 11.9. The first-order valence-electron chi connectivity index (χ1n) is 8.34. The van der Waals surface area contributed by atoms with Crippen LogP contribution in [-0.4, -0.2) is 12.4 Å². The third kappa shape index (κ3) is 6.07. The van der Waals surface area contributed by atoms with Gasteiger partial charge >= 0.3 is 6.61 Å². The number of furan rings is 1. The fourth-order valence-corrected chi connectivity index (χ4v) is 2.69. The quantitative estimate of drug-likeness (QED) is 0.291. The first kappa shape index (κ1) is 20.9. The van der Waals surface area contributed by atoms with E-state index < -0.39 is 6.61 Å². The Morgan fingerprint density at radius 2 is 1.83 bits per heavy atom. The van der Waals surface area contributed by atoms with Crippen molar-refractivity contribution in [3.63, 3.8) is 0 Å². The number of carbonyl (C=O) groups excluding carboxylic acids is 1. The molecule has 0 amide bonds. The highest BCUT2D eigenvalue weighted by Crippen LogP contribution is 2.28. The van der Waals surface area contributed by atoms with Crippen LogP contribution in [0.15, 0.2) is 65.1 Å². The van der Waals surface area contributed by atoms with E-state index in [1.165, 1.54) is 36.4 Å². The second-order valence-electron chi connectivity index (χ2n) is 5.77. The van der Waals surface area contributed by atoms with Gasteiger partial charge in [0.05, 0.1) is 5.02 Å². The van der Waals surface area contributed by atoms with Crippen LogP contribution in [0.3, 0.4) is 0 Å². The van der Waals surface area contributed by atoms with Gasteiger partial charge < -0.3 is 13.9 Å². The Hall–Kier alpha value is -2.83. The number of allylic oxidation sites excluding steroid dienone is 1. The predicted octanol–water partition coefficient (Wildman–Crippen LogP) is 6.66. The second-order valence-corrected chi connectivity index (χ2v) is 6.61. The van der Waals surface area contributed by atoms with Gasteiger partial charge in [0.15, 0.2) is 5.78 Å². The van der Waals surface area contributed by atoms with Crippen molar-refractivity contribution in [1.82, 2.24) is 0 Å². The molecule has 1 heterocycles. The van der Waals surface area contributed by atoms with Crippen LogP contribution >= 0.6 is 23.2 Å². The van der Waals surface area contributed by atoms with E-state index in [0.29, 0.717) is 32.9 Å². The Morgan fingerprint density at radius 3 is 2.55 bits per heavy atom. The number of rotatable bonds is 8. The monoisotopic (exact) mass is 438 g/mol. The summed E-state index contributed by atoms with van der Waals surface area (Å²) in [6.45, 7) is -2.78. The molecule has 0 spiro atoms. The number of carbonyl (C=O) groups is 1. The van der Waals surface area contributed by atoms with Gasteiger partial charge in [-0.2, -0.15) is 8.78 Å². The fourth-order valence-electron chi connectivity index (χ4n) is 2.35. The highest BCUT2D eigenvalue weighted by Gasteiger charge is 2.08. The normalized spacial score (nSPS) is 11.2. The minimum atomic E-state index is -2.91. The number of benzene rings is 2. The predicted molar refractivity (Wildman–Crippen MR) is 106 cm³/mol. The molecule has 0 aliphatic carbocycles. The van der Waals surface area contributed by atoms with E-state index >= 15 is 0 Å². The third-order valence-corrected chi connectivity index (χ3v) is 4.26. The summed E-state index contributed by atoms with van der Waals surface area (Å²) in [5.74, 6) is 1.08. The average molecular weight is 439 g/mol. The molecule has 8 heteroatoms. The first-order valence-corrected chi connectivity index (χ1v) is 9.10. The highest BCUT2D eigenvalue weighted by atomic mass is 35.5. The van der Waals surface area contributed by atoms with E-state index in [0.717, 1.165) is 0 Å². The lowest BCUT2D eigenvalue weighted by Crippen LogP contribution is -2.02. The topological polar surface area (TPSA) is 48.7 Å². The van der Waals surface area contributed by atoms with Crippen LogP contribution in [0, 0.1) is 0 Å². The molecule has 0 fully saturated rings. The molecule has 0 radical (unpaired) electrons. The van der Waals surface area contributed by atoms with E-state index in [-0.39, 0.29) is 18.1 Å². The number of alkyl halides is 2. The van der Waals surface area contributed by atoms with Crippen LogP contribution in [0.4, 0.5) is 8.78 Å². The summed E-state index contributed by atoms with van der Waals surface area (Å²) in [4.78, 5) is 12.2. The molecule has 0 saturated carbocycles. The maximum atomic E-state index is 12.2. The minimum absolute atomic E-state index is 0.0176. The lowest BCUT2D eigenvalue weighted by molar-refractivity contribution is -0.0498. The maximum absolute atomic E-state index is 12.2. The molecule has 0 saturated heterocycles. The van der Waals surface area contributed by atoms with E-state index in [2.05, 4.69) is 4.74 Å². The third-order valence-electron chi connectivity index (χ3n) is 3.71. The Balaban J connectivity index is 1.58. The Labute approximate surface area is 175 Å². The maximum Gasteiger partial charge on any atom is 0.387 e. The van der Waals surface area contributed by atoms with Crippen molar-refractivity contribution in [3.8, 4) is 11.5 Å². The largest absolute Gasteiger partial charge is 0.484 e. The van der Waals surface area contributed by atoms with Crippen molar-refractivity contribution >= 4 is 35.1 Å². The van der Waals surface area contributed by atoms with Crippen molar-refractivity contribution < 1.29 is 27.5 Å². The van der Waals surface area contributed by atoms with E-state index in [4.69, 9.17) is 32.4 Å². The van der Waals surface area contributed by atoms with Crippen molar-refractivity contribution in [2.75, 3.05) is 0 Å². The van der Waals surface area contributed by atoms with Crippen LogP contribution < -0.4 is 9.47 Å². The molecular weight excluding hydrogens is 425 g/mol. The van der Waals surface area contributed by atoms with Crippen LogP contribution in [0.1, 0.15) is 21.9 Å². The van der Waals surface area contributed by atoms with Gasteiger partial charge in [0.1, 0.15) is 29.6 Å². The van der Waals surface area contributed by atoms with Crippen LogP contribution in [-0.2, 0) is 6.61 Å². The van der Waals surface area contributed by atoms with Crippen molar-refractivity contribution in [3.05, 3.63) is 87.8 Å². The van der Waals surface area contributed by atoms with Gasteiger partial charge in [0.2, 0.25) is 0 Å². The van der Waals surface area contributed by atoms with Crippen LogP contribution in [0.2, 0.25) is 10.0 Å². The number of ketones is 1. The van der Waals surface area contributed by atoms with Gasteiger partial charge in [0, 0.05) is 16.7 Å². The minimum Gasteiger partial charge on any atom is -0.484 e. The van der Waals surface area contributed by atoms with Crippen LogP contribution in [0.5, 0.6) is 11.5 Å². The zero-order valence-corrected chi connectivity index (χ0v) is 16.3. The molecule has 4 nitrogen and oxygen atoms in total. The zero-order valence-electron chi connectivity index (χ0n) is 14.8. The molecule has 0 unspecified atom stereocenters. The van der Waals surface area contributed by atoms with Gasteiger partial charge in [-0.05, 0) is 60.7 Å². The zero-order chi connectivity index (χ0) is 20.8. The smallest absolute Gasteiger partial charge is 0.387 e. The van der Waals surface area contributed by atoms with Crippen LogP contribution in [0.25, 0.3) is 6.08 Å². The van der Waals surface area contributed by atoms with E-state index in [1.807, 2.05) is 0 Å². The Kier molecular flexibility index (Phi) is 6.90. The Morgan fingerprint density at radius 1 is 1.07 bits per heavy atom. The highest BCUT2D eigenvalue weighted by molar-refractivity contribution is 6.34. The molecule has 0 N–H and O–H groups in total. The Bertz CT molecular complexity index is 1010. The molecule has 0 aliphatic rings. The second kappa shape index (κ2) is 9.58. The molecule has 3 rings (SSSR count). The first-order chi connectivity index (χ1) is 13.9. The molecule has 0 aliphatic heterocycles. The van der Waals surface area contributed by atoms with Gasteiger partial charge in [-0.3, -0.25) is 4.79 Å². The summed E-state index contributed by atoms with van der Waals surface area (Å²) in [5.41, 5.74) is 0.327. The van der Waals surface area contributed by atoms with Gasteiger partial charge in [-0.1, -0.05) is 23.2 Å². The lowest BCUT2D eigenvalue weighted by Gasteiger charge is -2.06. The van der Waals surface area contributed by atoms with Crippen molar-refractivity contribution in [1.29, 1.82) is 0 Å². The van der Waals surface area contributed by atoms with Gasteiger partial charge in [-0.15, -0.1) is 0 Å². The molecule has 150 valence electrons. The molecule has 29 heavy (non-hydrogen) atoms. The molecule has 3 aromatic rings. The van der Waals surface area contributed by atoms with E-state index in [1.54, 1.807) is 30.3 Å². The summed E-state index contributed by atoms with van der Waals surface area (Å²) in [6, 6.07) is 13.7. The number of hydrogen-bond donors (Lipinski definition) is 0. The number of hydrogen-bond acceptors (Lipinski definition) is 4. The fraction of sp³-hybridized carbons (Fsp3) is 0.0952. The number of ether oxygens (including phenoxy) is 2. The molecule has 2 aromatic carbocycles. The standard InChI is InChI=1S/C21H14Cl2F2O4/c22-14-3-9-18(23)20(11-14)27-12-17-7-6-15(28-17)8-10-19(26)13-1-4-16(5-2-13)29-21(24)25/h1-11,21H,12H2/b10-8+. The summed E-state index contributed by atoms with van der Waals surface area (Å²) in [7, 11) is 0. The SMILES string of the molecule is O=C(/C=C/c1ccc(COc2cc(Cl)ccc2Cl)o1)c1ccc(OC(F)F)cc1. The van der Waals surface area contributed by atoms with Gasteiger partial charge in [0.25, 0.3) is 0 Å². The summed E-state index contributed by atoms with van der Waals surface area (Å²) in [5, 5.41) is 0.927. The summed E-state index contributed by atoms with van der Waals surface area (Å²) in [6.07, 6.45) is 2.82. The number of halogens is 4. The molecular formula is C21H14Cl2F2O4. The average Bonchev–Trinajstić information content (AvgIpc) is 3.15. The van der Waals surface area contributed by atoms with E-state index in [9.17, 15) is 13.6 Å². The molecule has 0 atom stereocenters. The van der Waals surface area contributed by atoms with Crippen molar-refractivity contribution in [2.24, 2.45) is 0 Å². The molecule has 0 bridgehead atoms. The van der Waals surface area contributed by atoms with Gasteiger partial charge in [-0.25, -0.2) is 0 Å². The van der Waals surface area contributed by atoms with Crippen molar-refractivity contribution in [2.45, 2.75) is 13.2 Å². The molecule has 1 aromatic heterocycles. The summed E-state index contributed by atoms with van der Waals surface area (Å²) < 4.78 is 39.7. The lowest BCUT2D eigenvalue weighted by atomic mass is 10.1.